The van der Waals surface area contributed by atoms with Crippen molar-refractivity contribution in [3.05, 3.63) is 74.2 Å². The number of aromatic nitrogens is 1. The minimum absolute atomic E-state index is 0.302. The fraction of sp³-hybridized carbons (Fsp3) is 0.350. The molecule has 29 heavy (non-hydrogen) atoms. The molecule has 9 nitrogen and oxygen atoms in total. The molecule has 1 aromatic heterocycles. The van der Waals surface area contributed by atoms with Gasteiger partial charge < -0.3 is 9.64 Å². The highest BCUT2D eigenvalue weighted by atomic mass is 16.6. The number of rotatable bonds is 6. The van der Waals surface area contributed by atoms with E-state index in [2.05, 4.69) is 4.74 Å². The number of pyridine rings is 1. The fourth-order valence-corrected chi connectivity index (χ4v) is 2.79. The van der Waals surface area contributed by atoms with Crippen LogP contribution in [0.2, 0.25) is 0 Å². The molecule has 0 fully saturated rings. The number of carbonyl (C=O) groups excluding carboxylic acids is 2. The fourth-order valence-electron chi connectivity index (χ4n) is 2.79. The summed E-state index contributed by atoms with van der Waals surface area (Å²) in [5.74, 6) is -1.42. The summed E-state index contributed by atoms with van der Waals surface area (Å²) in [4.78, 5) is 49.5. The molecule has 0 saturated heterocycles. The third-order valence-corrected chi connectivity index (χ3v) is 4.29. The monoisotopic (exact) mass is 401 g/mol. The maximum atomic E-state index is 13.0. The second kappa shape index (κ2) is 8.68. The van der Waals surface area contributed by atoms with Gasteiger partial charge in [-0.1, -0.05) is 30.3 Å². The van der Waals surface area contributed by atoms with Crippen molar-refractivity contribution in [3.63, 3.8) is 0 Å². The van der Waals surface area contributed by atoms with Gasteiger partial charge in [-0.05, 0) is 26.3 Å². The van der Waals surface area contributed by atoms with E-state index in [0.717, 1.165) is 29.5 Å². The summed E-state index contributed by atoms with van der Waals surface area (Å²) in [6, 6.07) is 10.2. The van der Waals surface area contributed by atoms with Gasteiger partial charge in [0.1, 0.15) is 12.1 Å². The lowest BCUT2D eigenvalue weighted by Crippen LogP contribution is -2.47. The summed E-state index contributed by atoms with van der Waals surface area (Å²) < 4.78 is 5.39. The van der Waals surface area contributed by atoms with Crippen LogP contribution in [-0.4, -0.2) is 38.9 Å². The summed E-state index contributed by atoms with van der Waals surface area (Å²) >= 11 is 0. The van der Waals surface area contributed by atoms with Crippen molar-refractivity contribution in [1.82, 2.24) is 9.47 Å². The van der Waals surface area contributed by atoms with Gasteiger partial charge in [-0.3, -0.25) is 24.3 Å². The molecule has 2 rings (SSSR count). The number of hydrogen-bond acceptors (Lipinski definition) is 6. The van der Waals surface area contributed by atoms with E-state index in [0.29, 0.717) is 6.54 Å². The Morgan fingerprint density at radius 2 is 1.83 bits per heavy atom. The van der Waals surface area contributed by atoms with E-state index < -0.39 is 45.7 Å². The van der Waals surface area contributed by atoms with Gasteiger partial charge in [-0.15, -0.1) is 0 Å². The van der Waals surface area contributed by atoms with E-state index in [-0.39, 0.29) is 0 Å². The van der Waals surface area contributed by atoms with Crippen molar-refractivity contribution >= 4 is 17.6 Å². The molecule has 2 aromatic rings. The predicted molar refractivity (Wildman–Crippen MR) is 105 cm³/mol. The van der Waals surface area contributed by atoms with E-state index in [1.54, 1.807) is 4.90 Å². The zero-order chi connectivity index (χ0) is 21.8. The van der Waals surface area contributed by atoms with Crippen LogP contribution in [0.15, 0.2) is 47.4 Å². The van der Waals surface area contributed by atoms with Gasteiger partial charge in [0.2, 0.25) is 5.91 Å². The summed E-state index contributed by atoms with van der Waals surface area (Å²) in [5, 5.41) is 11.2. The van der Waals surface area contributed by atoms with Crippen LogP contribution in [0.25, 0.3) is 0 Å². The molecule has 0 aliphatic heterocycles. The van der Waals surface area contributed by atoms with E-state index in [1.165, 1.54) is 0 Å². The van der Waals surface area contributed by atoms with Crippen LogP contribution in [0.3, 0.4) is 0 Å². The number of ether oxygens (including phenoxy) is 1. The van der Waals surface area contributed by atoms with Crippen molar-refractivity contribution in [2.45, 2.75) is 39.4 Å². The van der Waals surface area contributed by atoms with Crippen molar-refractivity contribution in [2.75, 3.05) is 7.11 Å². The zero-order valence-corrected chi connectivity index (χ0v) is 16.7. The third-order valence-electron chi connectivity index (χ3n) is 4.29. The second-order valence-corrected chi connectivity index (χ2v) is 7.43. The van der Waals surface area contributed by atoms with Crippen LogP contribution < -0.4 is 5.56 Å². The predicted octanol–water partition coefficient (Wildman–Crippen LogP) is 2.37. The smallest absolute Gasteiger partial charge is 0.343 e. The average molecular weight is 401 g/mol. The van der Waals surface area contributed by atoms with Gasteiger partial charge in [-0.2, -0.15) is 0 Å². The second-order valence-electron chi connectivity index (χ2n) is 7.43. The molecule has 0 spiro atoms. The average Bonchev–Trinajstić information content (AvgIpc) is 2.66. The summed E-state index contributed by atoms with van der Waals surface area (Å²) in [6.07, 6.45) is 0.954. The highest BCUT2D eigenvalue weighted by molar-refractivity contribution is 5.89. The first-order chi connectivity index (χ1) is 13.5. The number of esters is 1. The molecule has 0 N–H and O–H groups in total. The lowest BCUT2D eigenvalue weighted by molar-refractivity contribution is -0.385. The Morgan fingerprint density at radius 1 is 1.21 bits per heavy atom. The van der Waals surface area contributed by atoms with Crippen molar-refractivity contribution in [1.29, 1.82) is 0 Å². The molecule has 1 aromatic carbocycles. The SMILES string of the molecule is COC(=O)c1cc([N+](=O)[O-])cn(CC(=O)N(Cc2ccccc2)C(C)(C)C)c1=O. The van der Waals surface area contributed by atoms with Gasteiger partial charge >= 0.3 is 5.97 Å². The van der Waals surface area contributed by atoms with Crippen molar-refractivity contribution < 1.29 is 19.2 Å². The maximum absolute atomic E-state index is 13.0. The third kappa shape index (κ3) is 5.28. The zero-order valence-electron chi connectivity index (χ0n) is 16.7. The van der Waals surface area contributed by atoms with Crippen LogP contribution in [0.5, 0.6) is 0 Å². The van der Waals surface area contributed by atoms with Gasteiger partial charge in [-0.25, -0.2) is 4.79 Å². The van der Waals surface area contributed by atoms with Crippen LogP contribution >= 0.6 is 0 Å². The highest BCUT2D eigenvalue weighted by Gasteiger charge is 2.28. The Labute approximate surface area is 167 Å². The van der Waals surface area contributed by atoms with Gasteiger partial charge in [0, 0.05) is 18.2 Å². The van der Waals surface area contributed by atoms with Crippen LogP contribution in [0.4, 0.5) is 5.69 Å². The summed E-state index contributed by atoms with van der Waals surface area (Å²) in [5.41, 5.74) is -1.48. The quantitative estimate of drug-likeness (QED) is 0.417. The highest BCUT2D eigenvalue weighted by Crippen LogP contribution is 2.19. The van der Waals surface area contributed by atoms with Gasteiger partial charge in [0.05, 0.1) is 18.2 Å². The number of carbonyl (C=O) groups is 2. The first-order valence-corrected chi connectivity index (χ1v) is 8.86. The molecular weight excluding hydrogens is 378 g/mol. The number of hydrogen-bond donors (Lipinski definition) is 0. The van der Waals surface area contributed by atoms with E-state index in [4.69, 9.17) is 0 Å². The Bertz CT molecular complexity index is 976. The van der Waals surface area contributed by atoms with E-state index in [9.17, 15) is 24.5 Å². The lowest BCUT2D eigenvalue weighted by atomic mass is 10.0. The number of nitrogens with zero attached hydrogens (tertiary/aromatic N) is 3. The topological polar surface area (TPSA) is 112 Å². The number of nitro groups is 1. The van der Waals surface area contributed by atoms with Crippen LogP contribution in [0, 0.1) is 10.1 Å². The Kier molecular flexibility index (Phi) is 6.53. The Balaban J connectivity index is 2.43. The molecule has 0 saturated carbocycles. The minimum atomic E-state index is -1.00. The maximum Gasteiger partial charge on any atom is 0.343 e. The van der Waals surface area contributed by atoms with Crippen LogP contribution in [0.1, 0.15) is 36.7 Å². The normalized spacial score (nSPS) is 11.0. The molecular formula is C20H23N3O6. The van der Waals surface area contributed by atoms with E-state index in [1.807, 2.05) is 51.1 Å². The number of benzene rings is 1. The molecule has 0 bridgehead atoms. The Hall–Kier alpha value is -3.49. The molecule has 1 heterocycles. The number of amides is 1. The summed E-state index contributed by atoms with van der Waals surface area (Å²) in [7, 11) is 1.07. The lowest BCUT2D eigenvalue weighted by Gasteiger charge is -2.36. The minimum Gasteiger partial charge on any atom is -0.465 e. The molecule has 9 heteroatoms. The van der Waals surface area contributed by atoms with Gasteiger partial charge in [0.15, 0.2) is 0 Å². The van der Waals surface area contributed by atoms with Gasteiger partial charge in [0.25, 0.3) is 11.2 Å². The molecule has 0 unspecified atom stereocenters. The molecule has 0 aliphatic rings. The van der Waals surface area contributed by atoms with Crippen molar-refractivity contribution in [3.8, 4) is 0 Å². The molecule has 0 radical (unpaired) electrons. The van der Waals surface area contributed by atoms with Crippen LogP contribution in [-0.2, 0) is 22.6 Å². The number of methoxy groups -OCH3 is 1. The Morgan fingerprint density at radius 3 is 2.34 bits per heavy atom. The first-order valence-electron chi connectivity index (χ1n) is 8.86. The first kappa shape index (κ1) is 21.8. The summed E-state index contributed by atoms with van der Waals surface area (Å²) in [6.45, 7) is 5.41. The molecule has 1 amide bonds. The standard InChI is InChI=1S/C20H23N3O6/c1-20(2,3)22(11-14-8-6-5-7-9-14)17(24)13-21-12-15(23(27)28)10-16(18(21)25)19(26)29-4/h5-10,12H,11,13H2,1-4H3. The van der Waals surface area contributed by atoms with Crippen molar-refractivity contribution in [2.24, 2.45) is 0 Å². The molecule has 0 aliphatic carbocycles. The van der Waals surface area contributed by atoms with E-state index >= 15 is 0 Å². The largest absolute Gasteiger partial charge is 0.465 e. The molecule has 154 valence electrons. The molecule has 0 atom stereocenters.